The zero-order valence-electron chi connectivity index (χ0n) is 9.09. The molecule has 1 aromatic carbocycles. The Morgan fingerprint density at radius 3 is 2.44 bits per heavy atom. The molecule has 1 amide bonds. The first-order valence-corrected chi connectivity index (χ1v) is 5.40. The van der Waals surface area contributed by atoms with Gasteiger partial charge < -0.3 is 15.5 Å². The summed E-state index contributed by atoms with van der Waals surface area (Å²) in [5, 5.41) is 21.7. The summed E-state index contributed by atoms with van der Waals surface area (Å²) in [5.41, 5.74) is 0.0873. The van der Waals surface area contributed by atoms with E-state index in [1.165, 1.54) is 24.4 Å². The normalized spacial score (nSPS) is 10.1. The van der Waals surface area contributed by atoms with Crippen molar-refractivity contribution in [3.8, 4) is 11.5 Å². The average molecular weight is 265 g/mol. The van der Waals surface area contributed by atoms with E-state index in [0.717, 1.165) is 0 Å². The first-order valence-electron chi connectivity index (χ1n) is 5.02. The predicted molar refractivity (Wildman–Crippen MR) is 67.0 cm³/mol. The molecule has 18 heavy (non-hydrogen) atoms. The number of phenolic OH excluding ortho intramolecular Hbond substituents is 2. The summed E-state index contributed by atoms with van der Waals surface area (Å²) in [4.78, 5) is 15.7. The van der Waals surface area contributed by atoms with Crippen molar-refractivity contribution in [2.75, 3.05) is 5.32 Å². The third-order valence-electron chi connectivity index (χ3n) is 2.25. The Balaban J connectivity index is 2.31. The Morgan fingerprint density at radius 1 is 1.17 bits per heavy atom. The summed E-state index contributed by atoms with van der Waals surface area (Å²) in [6.07, 6.45) is 1.48. The Labute approximate surface area is 108 Å². The standard InChI is InChI=1S/C12H9ClN2O3/c13-11-7(3-2-6-14-11)15-12(18)10-8(16)4-1-5-9(10)17/h1-6,16-17H,(H,15,18). The number of benzene rings is 1. The van der Waals surface area contributed by atoms with Crippen molar-refractivity contribution >= 4 is 23.2 Å². The fourth-order valence-electron chi connectivity index (χ4n) is 1.43. The number of hydrogen-bond acceptors (Lipinski definition) is 4. The molecule has 2 rings (SSSR count). The monoisotopic (exact) mass is 264 g/mol. The van der Waals surface area contributed by atoms with Crippen LogP contribution in [0.15, 0.2) is 36.5 Å². The Morgan fingerprint density at radius 2 is 1.83 bits per heavy atom. The number of pyridine rings is 1. The molecule has 0 radical (unpaired) electrons. The van der Waals surface area contributed by atoms with E-state index in [9.17, 15) is 15.0 Å². The summed E-state index contributed by atoms with van der Waals surface area (Å²) in [6, 6.07) is 7.20. The molecule has 5 nitrogen and oxygen atoms in total. The second-order valence-corrected chi connectivity index (χ2v) is 3.83. The van der Waals surface area contributed by atoms with Crippen molar-refractivity contribution in [1.82, 2.24) is 4.98 Å². The van der Waals surface area contributed by atoms with Gasteiger partial charge in [0, 0.05) is 6.20 Å². The third kappa shape index (κ3) is 2.36. The van der Waals surface area contributed by atoms with Gasteiger partial charge in [0.15, 0.2) is 5.15 Å². The predicted octanol–water partition coefficient (Wildman–Crippen LogP) is 2.40. The van der Waals surface area contributed by atoms with E-state index in [1.54, 1.807) is 12.1 Å². The SMILES string of the molecule is O=C(Nc1cccnc1Cl)c1c(O)cccc1O. The van der Waals surface area contributed by atoms with Crippen LogP contribution in [0.4, 0.5) is 5.69 Å². The van der Waals surface area contributed by atoms with Crippen molar-refractivity contribution in [2.24, 2.45) is 0 Å². The molecule has 0 fully saturated rings. The fraction of sp³-hybridized carbons (Fsp3) is 0. The lowest BCUT2D eigenvalue weighted by molar-refractivity contribution is 0.102. The molecule has 0 unspecified atom stereocenters. The Bertz CT molecular complexity index is 581. The molecule has 1 aromatic heterocycles. The van der Waals surface area contributed by atoms with Crippen LogP contribution in [0.5, 0.6) is 11.5 Å². The number of halogens is 1. The van der Waals surface area contributed by atoms with Crippen LogP contribution in [0, 0.1) is 0 Å². The minimum atomic E-state index is -0.666. The molecule has 0 aliphatic carbocycles. The number of hydrogen-bond donors (Lipinski definition) is 3. The highest BCUT2D eigenvalue weighted by Gasteiger charge is 2.17. The smallest absolute Gasteiger partial charge is 0.263 e. The van der Waals surface area contributed by atoms with E-state index in [0.29, 0.717) is 5.69 Å². The van der Waals surface area contributed by atoms with Gasteiger partial charge in [-0.25, -0.2) is 4.98 Å². The van der Waals surface area contributed by atoms with Gasteiger partial charge in [0.1, 0.15) is 17.1 Å². The van der Waals surface area contributed by atoms with Crippen LogP contribution in [-0.2, 0) is 0 Å². The van der Waals surface area contributed by atoms with Crippen LogP contribution in [0.3, 0.4) is 0 Å². The van der Waals surface area contributed by atoms with Crippen molar-refractivity contribution in [2.45, 2.75) is 0 Å². The highest BCUT2D eigenvalue weighted by molar-refractivity contribution is 6.32. The van der Waals surface area contributed by atoms with Crippen LogP contribution in [0.25, 0.3) is 0 Å². The molecule has 0 saturated carbocycles. The molecule has 0 saturated heterocycles. The molecular formula is C12H9ClN2O3. The van der Waals surface area contributed by atoms with Crippen LogP contribution in [-0.4, -0.2) is 21.1 Å². The van der Waals surface area contributed by atoms with Crippen LogP contribution in [0.2, 0.25) is 5.15 Å². The zero-order valence-corrected chi connectivity index (χ0v) is 9.85. The number of carbonyl (C=O) groups excluding carboxylic acids is 1. The highest BCUT2D eigenvalue weighted by Crippen LogP contribution is 2.28. The Kier molecular flexibility index (Phi) is 3.34. The van der Waals surface area contributed by atoms with Gasteiger partial charge in [-0.05, 0) is 24.3 Å². The number of phenols is 2. The topological polar surface area (TPSA) is 82.5 Å². The number of amides is 1. The second kappa shape index (κ2) is 4.93. The molecule has 2 aromatic rings. The van der Waals surface area contributed by atoms with Crippen LogP contribution < -0.4 is 5.32 Å². The van der Waals surface area contributed by atoms with Crippen molar-refractivity contribution in [3.63, 3.8) is 0 Å². The van der Waals surface area contributed by atoms with Crippen molar-refractivity contribution in [3.05, 3.63) is 47.2 Å². The van der Waals surface area contributed by atoms with Gasteiger partial charge in [0.25, 0.3) is 5.91 Å². The average Bonchev–Trinajstić information content (AvgIpc) is 2.32. The maximum atomic E-state index is 11.9. The molecule has 1 heterocycles. The lowest BCUT2D eigenvalue weighted by atomic mass is 10.1. The van der Waals surface area contributed by atoms with Crippen molar-refractivity contribution in [1.29, 1.82) is 0 Å². The molecule has 0 aliphatic heterocycles. The van der Waals surface area contributed by atoms with Crippen LogP contribution >= 0.6 is 11.6 Å². The first kappa shape index (κ1) is 12.2. The maximum absolute atomic E-state index is 11.9. The number of nitrogens with one attached hydrogen (secondary N) is 1. The summed E-state index contributed by atoms with van der Waals surface area (Å²) < 4.78 is 0. The van der Waals surface area contributed by atoms with Gasteiger partial charge in [0.05, 0.1) is 5.69 Å². The van der Waals surface area contributed by atoms with Gasteiger partial charge in [0.2, 0.25) is 0 Å². The van der Waals surface area contributed by atoms with E-state index in [1.807, 2.05) is 0 Å². The van der Waals surface area contributed by atoms with E-state index >= 15 is 0 Å². The number of nitrogens with zero attached hydrogens (tertiary/aromatic N) is 1. The molecule has 0 bridgehead atoms. The molecule has 92 valence electrons. The van der Waals surface area contributed by atoms with Gasteiger partial charge in [-0.1, -0.05) is 17.7 Å². The van der Waals surface area contributed by atoms with Crippen LogP contribution in [0.1, 0.15) is 10.4 Å². The van der Waals surface area contributed by atoms with Gasteiger partial charge in [-0.2, -0.15) is 0 Å². The largest absolute Gasteiger partial charge is 0.507 e. The summed E-state index contributed by atoms with van der Waals surface area (Å²) >= 11 is 5.78. The minimum Gasteiger partial charge on any atom is -0.507 e. The number of aromatic hydroxyl groups is 2. The maximum Gasteiger partial charge on any atom is 0.263 e. The van der Waals surface area contributed by atoms with Gasteiger partial charge in [-0.3, -0.25) is 4.79 Å². The highest BCUT2D eigenvalue weighted by atomic mass is 35.5. The number of rotatable bonds is 2. The molecule has 6 heteroatoms. The molecule has 0 atom stereocenters. The van der Waals surface area contributed by atoms with E-state index < -0.39 is 5.91 Å². The summed E-state index contributed by atoms with van der Waals surface area (Å²) in [7, 11) is 0. The first-order chi connectivity index (χ1) is 8.59. The van der Waals surface area contributed by atoms with Crippen molar-refractivity contribution < 1.29 is 15.0 Å². The minimum absolute atomic E-state index is 0.126. The second-order valence-electron chi connectivity index (χ2n) is 3.47. The molecule has 0 spiro atoms. The summed E-state index contributed by atoms with van der Waals surface area (Å²) in [5.74, 6) is -1.29. The van der Waals surface area contributed by atoms with E-state index in [2.05, 4.69) is 10.3 Å². The number of anilines is 1. The lowest BCUT2D eigenvalue weighted by Crippen LogP contribution is -2.12. The molecular weight excluding hydrogens is 256 g/mol. The Hall–Kier alpha value is -2.27. The quantitative estimate of drug-likeness (QED) is 0.728. The number of aromatic nitrogens is 1. The molecule has 3 N–H and O–H groups in total. The van der Waals surface area contributed by atoms with Gasteiger partial charge >= 0.3 is 0 Å². The van der Waals surface area contributed by atoms with Gasteiger partial charge in [-0.15, -0.1) is 0 Å². The molecule has 0 aliphatic rings. The summed E-state index contributed by atoms with van der Waals surface area (Å²) in [6.45, 7) is 0. The zero-order chi connectivity index (χ0) is 13.1. The third-order valence-corrected chi connectivity index (χ3v) is 2.56. The van der Waals surface area contributed by atoms with E-state index in [4.69, 9.17) is 11.6 Å². The van der Waals surface area contributed by atoms with E-state index in [-0.39, 0.29) is 22.2 Å². The lowest BCUT2D eigenvalue weighted by Gasteiger charge is -2.08. The number of carbonyl (C=O) groups is 1. The fourth-order valence-corrected chi connectivity index (χ4v) is 1.59.